The molecule has 0 spiro atoms. The van der Waals surface area contributed by atoms with Gasteiger partial charge in [0.2, 0.25) is 0 Å². The van der Waals surface area contributed by atoms with Gasteiger partial charge in [-0.3, -0.25) is 4.57 Å². The molecule has 0 aliphatic carbocycles. The Labute approximate surface area is 128 Å². The summed E-state index contributed by atoms with van der Waals surface area (Å²) in [6, 6.07) is 15.4. The summed E-state index contributed by atoms with van der Waals surface area (Å²) in [5, 5.41) is 11.5. The lowest BCUT2D eigenvalue weighted by Gasteiger charge is -2.14. The lowest BCUT2D eigenvalue weighted by atomic mass is 10.2. The van der Waals surface area contributed by atoms with Crippen LogP contribution in [0, 0.1) is 6.92 Å². The fourth-order valence-corrected chi connectivity index (χ4v) is 2.65. The predicted octanol–water partition coefficient (Wildman–Crippen LogP) is 3.66. The van der Waals surface area contributed by atoms with E-state index in [1.54, 1.807) is 6.92 Å². The van der Waals surface area contributed by atoms with Crippen LogP contribution in [0.1, 0.15) is 24.4 Å². The van der Waals surface area contributed by atoms with Crippen LogP contribution in [0.3, 0.4) is 0 Å². The van der Waals surface area contributed by atoms with Crippen molar-refractivity contribution in [2.45, 2.75) is 19.9 Å². The predicted molar refractivity (Wildman–Crippen MR) is 85.4 cm³/mol. The van der Waals surface area contributed by atoms with E-state index in [4.69, 9.17) is 5.11 Å². The van der Waals surface area contributed by atoms with Gasteiger partial charge in [-0.2, -0.15) is 0 Å². The Morgan fingerprint density at radius 1 is 1.18 bits per heavy atom. The normalized spacial score (nSPS) is 12.3. The number of carboxylic acid groups (broad SMARTS) is 1. The van der Waals surface area contributed by atoms with E-state index in [2.05, 4.69) is 10.3 Å². The molecular weight excluding hydrogens is 278 g/mol. The lowest BCUT2D eigenvalue weighted by Crippen LogP contribution is -2.26. The van der Waals surface area contributed by atoms with Crippen molar-refractivity contribution in [3.8, 4) is 5.69 Å². The summed E-state index contributed by atoms with van der Waals surface area (Å²) < 4.78 is 2.00. The fourth-order valence-electron chi connectivity index (χ4n) is 2.65. The molecule has 3 aromatic rings. The van der Waals surface area contributed by atoms with E-state index in [9.17, 15) is 4.79 Å². The SMILES string of the molecule is Cc1cccc2c1nc([C@@H](C)NC(=O)O)n2-c1ccccc1. The van der Waals surface area contributed by atoms with Crippen molar-refractivity contribution in [2.24, 2.45) is 0 Å². The molecule has 3 rings (SSSR count). The average Bonchev–Trinajstić information content (AvgIpc) is 2.88. The molecule has 1 aromatic heterocycles. The summed E-state index contributed by atoms with van der Waals surface area (Å²) in [6.45, 7) is 3.80. The molecule has 0 fully saturated rings. The molecule has 2 N–H and O–H groups in total. The van der Waals surface area contributed by atoms with Crippen LogP contribution in [-0.2, 0) is 0 Å². The maximum absolute atomic E-state index is 11.0. The second kappa shape index (κ2) is 5.52. The smallest absolute Gasteiger partial charge is 0.405 e. The first-order valence-electron chi connectivity index (χ1n) is 7.11. The monoisotopic (exact) mass is 295 g/mol. The molecule has 0 aliphatic rings. The number of rotatable bonds is 3. The van der Waals surface area contributed by atoms with E-state index in [1.165, 1.54) is 0 Å². The maximum Gasteiger partial charge on any atom is 0.405 e. The minimum atomic E-state index is -1.06. The zero-order valence-electron chi connectivity index (χ0n) is 12.4. The van der Waals surface area contributed by atoms with E-state index >= 15 is 0 Å². The van der Waals surface area contributed by atoms with Crippen molar-refractivity contribution in [1.29, 1.82) is 0 Å². The van der Waals surface area contributed by atoms with Crippen molar-refractivity contribution in [2.75, 3.05) is 0 Å². The van der Waals surface area contributed by atoms with Gasteiger partial charge in [-0.1, -0.05) is 30.3 Å². The zero-order valence-corrected chi connectivity index (χ0v) is 12.4. The summed E-state index contributed by atoms with van der Waals surface area (Å²) in [5.74, 6) is 0.679. The summed E-state index contributed by atoms with van der Waals surface area (Å²) in [6.07, 6.45) is -1.06. The van der Waals surface area contributed by atoms with Crippen LogP contribution in [0.2, 0.25) is 0 Å². The Hall–Kier alpha value is -2.82. The minimum Gasteiger partial charge on any atom is -0.465 e. The lowest BCUT2D eigenvalue weighted by molar-refractivity contribution is 0.190. The van der Waals surface area contributed by atoms with Crippen LogP contribution >= 0.6 is 0 Å². The van der Waals surface area contributed by atoms with Gasteiger partial charge < -0.3 is 10.4 Å². The number of carbonyl (C=O) groups is 1. The van der Waals surface area contributed by atoms with Gasteiger partial charge in [0.05, 0.1) is 17.1 Å². The molecule has 5 nitrogen and oxygen atoms in total. The largest absolute Gasteiger partial charge is 0.465 e. The highest BCUT2D eigenvalue weighted by molar-refractivity contribution is 5.81. The first-order valence-corrected chi connectivity index (χ1v) is 7.11. The van der Waals surface area contributed by atoms with Gasteiger partial charge in [0.15, 0.2) is 0 Å². The molecule has 5 heteroatoms. The van der Waals surface area contributed by atoms with Crippen molar-refractivity contribution in [3.63, 3.8) is 0 Å². The van der Waals surface area contributed by atoms with E-state index in [-0.39, 0.29) is 0 Å². The van der Waals surface area contributed by atoms with Gasteiger partial charge in [-0.05, 0) is 37.6 Å². The van der Waals surface area contributed by atoms with Crippen LogP contribution in [0.15, 0.2) is 48.5 Å². The molecule has 2 aromatic carbocycles. The molecule has 0 saturated heterocycles. The number of aromatic nitrogens is 2. The number of imidazole rings is 1. The van der Waals surface area contributed by atoms with Gasteiger partial charge in [-0.25, -0.2) is 9.78 Å². The quantitative estimate of drug-likeness (QED) is 0.775. The van der Waals surface area contributed by atoms with Crippen LogP contribution in [0.5, 0.6) is 0 Å². The van der Waals surface area contributed by atoms with E-state index in [1.807, 2.05) is 60.0 Å². The number of aryl methyl sites for hydroxylation is 1. The molecule has 0 saturated carbocycles. The number of benzene rings is 2. The topological polar surface area (TPSA) is 67.2 Å². The third-order valence-electron chi connectivity index (χ3n) is 3.65. The van der Waals surface area contributed by atoms with Gasteiger partial charge in [0.25, 0.3) is 0 Å². The molecule has 1 amide bonds. The summed E-state index contributed by atoms with van der Waals surface area (Å²) in [5.41, 5.74) is 3.89. The Balaban J connectivity index is 2.26. The van der Waals surface area contributed by atoms with Crippen LogP contribution in [0.25, 0.3) is 16.7 Å². The first kappa shape index (κ1) is 14.1. The number of nitrogens with zero attached hydrogens (tertiary/aromatic N) is 2. The molecule has 1 heterocycles. The molecule has 0 radical (unpaired) electrons. The van der Waals surface area contributed by atoms with Crippen molar-refractivity contribution < 1.29 is 9.90 Å². The second-order valence-electron chi connectivity index (χ2n) is 5.25. The number of nitrogens with one attached hydrogen (secondary N) is 1. The highest BCUT2D eigenvalue weighted by atomic mass is 16.4. The van der Waals surface area contributed by atoms with Gasteiger partial charge >= 0.3 is 6.09 Å². The number of hydrogen-bond donors (Lipinski definition) is 2. The molecule has 1 atom stereocenters. The first-order chi connectivity index (χ1) is 10.6. The summed E-state index contributed by atoms with van der Waals surface area (Å²) >= 11 is 0. The minimum absolute atomic E-state index is 0.412. The number of fused-ring (bicyclic) bond motifs is 1. The Bertz CT molecular complexity index is 825. The molecule has 22 heavy (non-hydrogen) atoms. The molecule has 0 unspecified atom stereocenters. The van der Waals surface area contributed by atoms with E-state index in [0.29, 0.717) is 5.82 Å². The van der Waals surface area contributed by atoms with Crippen molar-refractivity contribution >= 4 is 17.1 Å². The number of hydrogen-bond acceptors (Lipinski definition) is 2. The highest BCUT2D eigenvalue weighted by Crippen LogP contribution is 2.27. The van der Waals surface area contributed by atoms with Gasteiger partial charge in [0.1, 0.15) is 5.82 Å². The van der Waals surface area contributed by atoms with Gasteiger partial charge in [0, 0.05) is 5.69 Å². The van der Waals surface area contributed by atoms with Crippen molar-refractivity contribution in [1.82, 2.24) is 14.9 Å². The fraction of sp³-hybridized carbons (Fsp3) is 0.176. The third kappa shape index (κ3) is 2.41. The third-order valence-corrected chi connectivity index (χ3v) is 3.65. The molecule has 0 aliphatic heterocycles. The summed E-state index contributed by atoms with van der Waals surface area (Å²) in [7, 11) is 0. The van der Waals surface area contributed by atoms with E-state index < -0.39 is 12.1 Å². The Morgan fingerprint density at radius 2 is 1.91 bits per heavy atom. The molecule has 0 bridgehead atoms. The molecular formula is C17H17N3O2. The van der Waals surface area contributed by atoms with E-state index in [0.717, 1.165) is 22.3 Å². The maximum atomic E-state index is 11.0. The zero-order chi connectivity index (χ0) is 15.7. The number of amides is 1. The Kier molecular flexibility index (Phi) is 3.55. The van der Waals surface area contributed by atoms with Crippen LogP contribution in [0.4, 0.5) is 4.79 Å². The Morgan fingerprint density at radius 3 is 2.59 bits per heavy atom. The van der Waals surface area contributed by atoms with Gasteiger partial charge in [-0.15, -0.1) is 0 Å². The standard InChI is InChI=1S/C17H17N3O2/c1-11-7-6-10-14-15(11)19-16(12(2)18-17(21)22)20(14)13-8-4-3-5-9-13/h3-10,12,18H,1-2H3,(H,21,22)/t12-/m1/s1. The second-order valence-corrected chi connectivity index (χ2v) is 5.25. The summed E-state index contributed by atoms with van der Waals surface area (Å²) in [4.78, 5) is 15.6. The highest BCUT2D eigenvalue weighted by Gasteiger charge is 2.19. The average molecular weight is 295 g/mol. The number of para-hydroxylation sites is 2. The van der Waals surface area contributed by atoms with Crippen LogP contribution in [-0.4, -0.2) is 20.8 Å². The van der Waals surface area contributed by atoms with Crippen molar-refractivity contribution in [3.05, 3.63) is 59.9 Å². The molecule has 112 valence electrons. The van der Waals surface area contributed by atoms with Crippen LogP contribution < -0.4 is 5.32 Å².